The zero-order valence-corrected chi connectivity index (χ0v) is 8.84. The van der Waals surface area contributed by atoms with Gasteiger partial charge in [0, 0.05) is 0 Å². The molecule has 16 heavy (non-hydrogen) atoms. The second kappa shape index (κ2) is 5.05. The summed E-state index contributed by atoms with van der Waals surface area (Å²) in [4.78, 5) is 16.8. The fourth-order valence-corrected chi connectivity index (χ4v) is 1.58. The number of phosphoric acid groups is 1. The number of hydrogen-bond donors (Lipinski definition) is 6. The zero-order valence-electron chi connectivity index (χ0n) is 7.95. The summed E-state index contributed by atoms with van der Waals surface area (Å²) in [6, 6.07) is 0. The van der Waals surface area contributed by atoms with Crippen LogP contribution in [0.25, 0.3) is 0 Å². The first-order valence-corrected chi connectivity index (χ1v) is 5.83. The van der Waals surface area contributed by atoms with Gasteiger partial charge in [0.25, 0.3) is 0 Å². The molecular weight excluding hydrogens is 247 g/mol. The minimum Gasteiger partial charge on any atom is -0.387 e. The molecule has 0 saturated carbocycles. The fourth-order valence-electron chi connectivity index (χ4n) is 1.24. The van der Waals surface area contributed by atoms with Crippen LogP contribution in [0.3, 0.4) is 0 Å². The van der Waals surface area contributed by atoms with Crippen molar-refractivity contribution < 1.29 is 44.0 Å². The molecule has 0 aromatic heterocycles. The van der Waals surface area contributed by atoms with Gasteiger partial charge in [-0.3, -0.25) is 4.52 Å². The van der Waals surface area contributed by atoms with Gasteiger partial charge in [0.2, 0.25) is 0 Å². The number of ether oxygens (including phenoxy) is 1. The van der Waals surface area contributed by atoms with Crippen molar-refractivity contribution >= 4 is 7.82 Å². The molecule has 1 aliphatic heterocycles. The van der Waals surface area contributed by atoms with E-state index < -0.39 is 45.1 Å². The van der Waals surface area contributed by atoms with Crippen molar-refractivity contribution in [2.24, 2.45) is 0 Å². The summed E-state index contributed by atoms with van der Waals surface area (Å²) in [6.45, 7) is -0.730. The van der Waals surface area contributed by atoms with Gasteiger partial charge in [-0.05, 0) is 0 Å². The summed E-state index contributed by atoms with van der Waals surface area (Å²) in [7, 11) is -4.73. The van der Waals surface area contributed by atoms with E-state index in [0.29, 0.717) is 0 Å². The summed E-state index contributed by atoms with van der Waals surface area (Å²) < 4.78 is 19.0. The molecule has 0 spiro atoms. The highest BCUT2D eigenvalue weighted by Gasteiger charge is 2.43. The normalized spacial score (nSPS) is 41.0. The molecular formula is C6H13O9P. The van der Waals surface area contributed by atoms with Crippen molar-refractivity contribution in [2.75, 3.05) is 6.61 Å². The Kier molecular flexibility index (Phi) is 4.41. The van der Waals surface area contributed by atoms with Crippen molar-refractivity contribution in [3.05, 3.63) is 0 Å². The summed E-state index contributed by atoms with van der Waals surface area (Å²) >= 11 is 0. The SMILES string of the molecule is O=P(O)(O)OCC1O[C@@H](O)[C@H](O)C(O)C1O. The largest absolute Gasteiger partial charge is 0.469 e. The van der Waals surface area contributed by atoms with Crippen LogP contribution >= 0.6 is 7.82 Å². The van der Waals surface area contributed by atoms with Crippen molar-refractivity contribution in [3.63, 3.8) is 0 Å². The van der Waals surface area contributed by atoms with Gasteiger partial charge in [-0.15, -0.1) is 0 Å². The minimum atomic E-state index is -4.73. The van der Waals surface area contributed by atoms with E-state index in [9.17, 15) is 14.8 Å². The van der Waals surface area contributed by atoms with Crippen molar-refractivity contribution in [1.29, 1.82) is 0 Å². The number of hydrogen-bond acceptors (Lipinski definition) is 7. The molecule has 9 nitrogen and oxygen atoms in total. The third kappa shape index (κ3) is 3.45. The lowest BCUT2D eigenvalue weighted by atomic mass is 10.00. The molecule has 5 atom stereocenters. The lowest BCUT2D eigenvalue weighted by molar-refractivity contribution is -0.285. The standard InChI is InChI=1S/C6H13O9P/c7-3-2(1-14-16(11,12)13)15-6(10)5(9)4(3)8/h2-10H,1H2,(H2,11,12,13)/t2?,3?,4?,5-,6-/m1/s1. The van der Waals surface area contributed by atoms with E-state index >= 15 is 0 Å². The summed E-state index contributed by atoms with van der Waals surface area (Å²) in [5, 5.41) is 36.7. The molecule has 96 valence electrons. The lowest BCUT2D eigenvalue weighted by Gasteiger charge is -2.38. The van der Waals surface area contributed by atoms with Gasteiger partial charge in [-0.1, -0.05) is 0 Å². The molecule has 0 aromatic carbocycles. The maximum atomic E-state index is 10.4. The van der Waals surface area contributed by atoms with E-state index in [0.717, 1.165) is 0 Å². The van der Waals surface area contributed by atoms with E-state index in [4.69, 9.17) is 20.0 Å². The Balaban J connectivity index is 2.57. The third-order valence-corrected chi connectivity index (χ3v) is 2.58. The molecule has 1 fully saturated rings. The Morgan fingerprint density at radius 2 is 1.62 bits per heavy atom. The molecule has 3 unspecified atom stereocenters. The molecule has 1 aliphatic rings. The van der Waals surface area contributed by atoms with Crippen molar-refractivity contribution in [3.8, 4) is 0 Å². The van der Waals surface area contributed by atoms with Gasteiger partial charge in [-0.2, -0.15) is 0 Å². The predicted octanol–water partition coefficient (Wildman–Crippen LogP) is -3.10. The maximum absolute atomic E-state index is 10.4. The van der Waals surface area contributed by atoms with Gasteiger partial charge in [0.1, 0.15) is 24.4 Å². The van der Waals surface area contributed by atoms with Crippen LogP contribution in [-0.4, -0.2) is 67.5 Å². The second-order valence-corrected chi connectivity index (χ2v) is 4.56. The monoisotopic (exact) mass is 260 g/mol. The summed E-state index contributed by atoms with van der Waals surface area (Å²) in [6.07, 6.45) is -8.11. The van der Waals surface area contributed by atoms with Gasteiger partial charge in [0.05, 0.1) is 6.61 Å². The molecule has 0 bridgehead atoms. The van der Waals surface area contributed by atoms with E-state index in [2.05, 4.69) is 9.26 Å². The van der Waals surface area contributed by atoms with Crippen molar-refractivity contribution in [1.82, 2.24) is 0 Å². The average molecular weight is 260 g/mol. The average Bonchev–Trinajstić information content (AvgIpc) is 2.17. The van der Waals surface area contributed by atoms with Crippen LogP contribution in [0.15, 0.2) is 0 Å². The van der Waals surface area contributed by atoms with Crippen LogP contribution in [0.1, 0.15) is 0 Å². The highest BCUT2D eigenvalue weighted by Crippen LogP contribution is 2.36. The van der Waals surface area contributed by atoms with Crippen LogP contribution in [-0.2, 0) is 13.8 Å². The van der Waals surface area contributed by atoms with Gasteiger partial charge >= 0.3 is 7.82 Å². The molecule has 0 radical (unpaired) electrons. The molecule has 1 heterocycles. The smallest absolute Gasteiger partial charge is 0.387 e. The van der Waals surface area contributed by atoms with Crippen LogP contribution in [0.2, 0.25) is 0 Å². The molecule has 10 heteroatoms. The Labute approximate surface area is 90.1 Å². The van der Waals surface area contributed by atoms with E-state index in [1.54, 1.807) is 0 Å². The second-order valence-electron chi connectivity index (χ2n) is 3.32. The summed E-state index contributed by atoms with van der Waals surface area (Å²) in [5.74, 6) is 0. The van der Waals surface area contributed by atoms with E-state index in [1.165, 1.54) is 0 Å². The Morgan fingerprint density at radius 1 is 1.06 bits per heavy atom. The maximum Gasteiger partial charge on any atom is 0.469 e. The molecule has 1 saturated heterocycles. The molecule has 0 aromatic rings. The highest BCUT2D eigenvalue weighted by atomic mass is 31.2. The number of aliphatic hydroxyl groups is 4. The first-order chi connectivity index (χ1) is 7.22. The van der Waals surface area contributed by atoms with E-state index in [-0.39, 0.29) is 0 Å². The number of rotatable bonds is 3. The topological polar surface area (TPSA) is 157 Å². The van der Waals surface area contributed by atoms with Gasteiger partial charge in [0.15, 0.2) is 6.29 Å². The van der Waals surface area contributed by atoms with E-state index in [1.807, 2.05) is 0 Å². The molecule has 1 rings (SSSR count). The van der Waals surface area contributed by atoms with Crippen LogP contribution in [0, 0.1) is 0 Å². The Hall–Kier alpha value is -0.0900. The fraction of sp³-hybridized carbons (Fsp3) is 1.00. The minimum absolute atomic E-state index is 0.730. The number of phosphoric ester groups is 1. The zero-order chi connectivity index (χ0) is 12.5. The van der Waals surface area contributed by atoms with Crippen LogP contribution in [0.5, 0.6) is 0 Å². The van der Waals surface area contributed by atoms with Crippen LogP contribution < -0.4 is 0 Å². The van der Waals surface area contributed by atoms with Gasteiger partial charge in [-0.25, -0.2) is 4.57 Å². The first-order valence-electron chi connectivity index (χ1n) is 4.30. The first kappa shape index (κ1) is 14.0. The molecule has 0 aliphatic carbocycles. The Bertz CT molecular complexity index is 277. The number of aliphatic hydroxyl groups excluding tert-OH is 4. The third-order valence-electron chi connectivity index (χ3n) is 2.09. The Morgan fingerprint density at radius 3 is 2.12 bits per heavy atom. The van der Waals surface area contributed by atoms with Gasteiger partial charge < -0.3 is 34.9 Å². The quantitative estimate of drug-likeness (QED) is 0.289. The van der Waals surface area contributed by atoms with Crippen molar-refractivity contribution in [2.45, 2.75) is 30.7 Å². The molecule has 6 N–H and O–H groups in total. The predicted molar refractivity (Wildman–Crippen MR) is 46.9 cm³/mol. The summed E-state index contributed by atoms with van der Waals surface area (Å²) in [5.41, 5.74) is 0. The highest BCUT2D eigenvalue weighted by molar-refractivity contribution is 7.46. The van der Waals surface area contributed by atoms with Crippen LogP contribution in [0.4, 0.5) is 0 Å². The molecule has 0 amide bonds. The lowest BCUT2D eigenvalue weighted by Crippen LogP contribution is -2.58.